The van der Waals surface area contributed by atoms with Crippen LogP contribution in [0.1, 0.15) is 76.6 Å². The Morgan fingerprint density at radius 3 is 2.11 bits per heavy atom. The lowest BCUT2D eigenvalue weighted by Crippen LogP contribution is -2.50. The van der Waals surface area contributed by atoms with Crippen LogP contribution in [0.25, 0.3) is 0 Å². The largest absolute Gasteiger partial charge is 0.435 e. The number of piperidine rings is 1. The Balaban J connectivity index is 1.41. The summed E-state index contributed by atoms with van der Waals surface area (Å²) in [6, 6.07) is 1.91. The van der Waals surface area contributed by atoms with Crippen molar-refractivity contribution in [3.63, 3.8) is 0 Å². The molecule has 3 aliphatic rings. The van der Waals surface area contributed by atoms with Crippen molar-refractivity contribution >= 4 is 11.8 Å². The minimum Gasteiger partial charge on any atom is -0.300 e. The van der Waals surface area contributed by atoms with Gasteiger partial charge in [-0.05, 0) is 95.4 Å². The monoisotopic (exact) mass is 415 g/mol. The highest BCUT2D eigenvalue weighted by Gasteiger charge is 2.42. The molecule has 0 bridgehead atoms. The normalized spacial score (nSPS) is 29.1. The third-order valence-electron chi connectivity index (χ3n) is 6.97. The summed E-state index contributed by atoms with van der Waals surface area (Å²) in [4.78, 5) is 2.66. The second-order valence-electron chi connectivity index (χ2n) is 10.1. The Hall–Kier alpha value is -0.690. The highest BCUT2D eigenvalue weighted by atomic mass is 32.2. The standard InChI is InChI=1S/C21H32F3N3S/c1-19(2,3)27-17(12-18(25-27)21(22,23)24)15-4-6-16(7-5-15)26-10-8-20(9-11-26)13-28-14-20/h12,15-16H,4-11,13-14H2,1-3H3. The Morgan fingerprint density at radius 1 is 1.04 bits per heavy atom. The Labute approximate surface area is 170 Å². The van der Waals surface area contributed by atoms with Gasteiger partial charge in [-0.2, -0.15) is 30.0 Å². The van der Waals surface area contributed by atoms with Crippen molar-refractivity contribution in [2.45, 2.75) is 83.0 Å². The van der Waals surface area contributed by atoms with Crippen molar-refractivity contribution in [2.75, 3.05) is 24.6 Å². The Kier molecular flexibility index (Phi) is 5.31. The minimum atomic E-state index is -4.38. The van der Waals surface area contributed by atoms with Crippen LogP contribution >= 0.6 is 11.8 Å². The van der Waals surface area contributed by atoms with Gasteiger partial charge in [-0.15, -0.1) is 0 Å². The first-order valence-corrected chi connectivity index (χ1v) is 11.7. The third-order valence-corrected chi connectivity index (χ3v) is 8.60. The van der Waals surface area contributed by atoms with Gasteiger partial charge in [-0.1, -0.05) is 0 Å². The molecule has 1 aliphatic carbocycles. The fourth-order valence-electron chi connectivity index (χ4n) is 5.14. The summed E-state index contributed by atoms with van der Waals surface area (Å²) < 4.78 is 41.4. The summed E-state index contributed by atoms with van der Waals surface area (Å²) in [5, 5.41) is 3.95. The summed E-state index contributed by atoms with van der Waals surface area (Å²) >= 11 is 2.08. The molecule has 1 aromatic rings. The van der Waals surface area contributed by atoms with E-state index in [1.165, 1.54) is 43.5 Å². The van der Waals surface area contributed by atoms with Gasteiger partial charge in [0.15, 0.2) is 5.69 Å². The van der Waals surface area contributed by atoms with Gasteiger partial charge in [-0.25, -0.2) is 0 Å². The number of hydrogen-bond donors (Lipinski definition) is 0. The maximum atomic E-state index is 13.3. The van der Waals surface area contributed by atoms with E-state index >= 15 is 0 Å². The lowest BCUT2D eigenvalue weighted by atomic mass is 9.78. The van der Waals surface area contributed by atoms with Crippen LogP contribution in [0.2, 0.25) is 0 Å². The van der Waals surface area contributed by atoms with Gasteiger partial charge in [0, 0.05) is 17.7 Å². The van der Waals surface area contributed by atoms with Crippen LogP contribution in [-0.2, 0) is 11.7 Å². The number of likely N-dealkylation sites (tertiary alicyclic amines) is 1. The van der Waals surface area contributed by atoms with Crippen LogP contribution in [0.4, 0.5) is 13.2 Å². The molecule has 0 aromatic carbocycles. The summed E-state index contributed by atoms with van der Waals surface area (Å²) in [5.74, 6) is 2.86. The van der Waals surface area contributed by atoms with E-state index in [0.717, 1.165) is 31.4 Å². The van der Waals surface area contributed by atoms with Gasteiger partial charge < -0.3 is 4.90 Å². The molecule has 3 fully saturated rings. The van der Waals surface area contributed by atoms with Gasteiger partial charge in [0.25, 0.3) is 0 Å². The van der Waals surface area contributed by atoms with Crippen LogP contribution < -0.4 is 0 Å². The van der Waals surface area contributed by atoms with E-state index in [2.05, 4.69) is 21.8 Å². The number of nitrogens with zero attached hydrogens (tertiary/aromatic N) is 3. The van der Waals surface area contributed by atoms with Gasteiger partial charge in [0.1, 0.15) is 0 Å². The van der Waals surface area contributed by atoms with Gasteiger partial charge in [-0.3, -0.25) is 4.68 Å². The molecule has 0 radical (unpaired) electrons. The van der Waals surface area contributed by atoms with Crippen LogP contribution in [0.15, 0.2) is 6.07 Å². The fraction of sp³-hybridized carbons (Fsp3) is 0.857. The number of halogens is 3. The SMILES string of the molecule is CC(C)(C)n1nc(C(F)(F)F)cc1C1CCC(N2CCC3(CC2)CSC3)CC1. The highest BCUT2D eigenvalue weighted by molar-refractivity contribution is 8.00. The summed E-state index contributed by atoms with van der Waals surface area (Å²) in [5.41, 5.74) is 0.199. The molecule has 4 rings (SSSR count). The zero-order valence-electron chi connectivity index (χ0n) is 17.2. The van der Waals surface area contributed by atoms with Crippen LogP contribution in [0.3, 0.4) is 0 Å². The zero-order valence-corrected chi connectivity index (χ0v) is 18.0. The van der Waals surface area contributed by atoms with E-state index in [-0.39, 0.29) is 5.92 Å². The number of alkyl halides is 3. The molecule has 1 spiro atoms. The predicted molar refractivity (Wildman–Crippen MR) is 108 cm³/mol. The number of thioether (sulfide) groups is 1. The topological polar surface area (TPSA) is 21.1 Å². The van der Waals surface area contributed by atoms with Crippen molar-refractivity contribution < 1.29 is 13.2 Å². The molecular formula is C21H32F3N3S. The molecule has 0 atom stereocenters. The summed E-state index contributed by atoms with van der Waals surface area (Å²) in [7, 11) is 0. The molecule has 3 heterocycles. The second kappa shape index (κ2) is 7.22. The van der Waals surface area contributed by atoms with Crippen LogP contribution in [0.5, 0.6) is 0 Å². The lowest BCUT2D eigenvalue weighted by Gasteiger charge is -2.50. The maximum Gasteiger partial charge on any atom is 0.435 e. The van der Waals surface area contributed by atoms with E-state index in [1.807, 2.05) is 20.8 Å². The van der Waals surface area contributed by atoms with E-state index in [4.69, 9.17) is 0 Å². The average molecular weight is 416 g/mol. The smallest absolute Gasteiger partial charge is 0.300 e. The van der Waals surface area contributed by atoms with E-state index in [9.17, 15) is 13.2 Å². The van der Waals surface area contributed by atoms with Gasteiger partial charge >= 0.3 is 6.18 Å². The predicted octanol–water partition coefficient (Wildman–Crippen LogP) is 5.51. The molecule has 0 unspecified atom stereocenters. The number of hydrogen-bond acceptors (Lipinski definition) is 3. The molecule has 0 amide bonds. The van der Waals surface area contributed by atoms with E-state index in [1.54, 1.807) is 4.68 Å². The molecule has 158 valence electrons. The van der Waals surface area contributed by atoms with Gasteiger partial charge in [0.05, 0.1) is 5.54 Å². The molecule has 0 N–H and O–H groups in total. The lowest BCUT2D eigenvalue weighted by molar-refractivity contribution is -0.141. The molecule has 2 saturated heterocycles. The second-order valence-corrected chi connectivity index (χ2v) is 11.1. The summed E-state index contributed by atoms with van der Waals surface area (Å²) in [6.45, 7) is 8.19. The van der Waals surface area contributed by atoms with E-state index in [0.29, 0.717) is 11.5 Å². The van der Waals surface area contributed by atoms with Crippen molar-refractivity contribution in [1.82, 2.24) is 14.7 Å². The fourth-order valence-corrected chi connectivity index (χ4v) is 6.50. The molecule has 2 aliphatic heterocycles. The molecule has 1 saturated carbocycles. The maximum absolute atomic E-state index is 13.3. The van der Waals surface area contributed by atoms with Crippen molar-refractivity contribution in [3.8, 4) is 0 Å². The first-order valence-electron chi connectivity index (χ1n) is 10.6. The molecule has 7 heteroatoms. The molecule has 1 aromatic heterocycles. The van der Waals surface area contributed by atoms with Crippen molar-refractivity contribution in [2.24, 2.45) is 5.41 Å². The van der Waals surface area contributed by atoms with Crippen molar-refractivity contribution in [3.05, 3.63) is 17.5 Å². The van der Waals surface area contributed by atoms with Crippen LogP contribution in [0, 0.1) is 5.41 Å². The first kappa shape index (κ1) is 20.6. The van der Waals surface area contributed by atoms with Crippen molar-refractivity contribution in [1.29, 1.82) is 0 Å². The minimum absolute atomic E-state index is 0.179. The summed E-state index contributed by atoms with van der Waals surface area (Å²) in [6.07, 6.45) is 2.36. The van der Waals surface area contributed by atoms with E-state index < -0.39 is 17.4 Å². The third kappa shape index (κ3) is 3.98. The average Bonchev–Trinajstić information content (AvgIpc) is 3.07. The first-order chi connectivity index (χ1) is 13.1. The Morgan fingerprint density at radius 2 is 1.64 bits per heavy atom. The molecule has 28 heavy (non-hydrogen) atoms. The van der Waals surface area contributed by atoms with Crippen LogP contribution in [-0.4, -0.2) is 45.3 Å². The quantitative estimate of drug-likeness (QED) is 0.635. The number of aromatic nitrogens is 2. The molecule has 3 nitrogen and oxygen atoms in total. The van der Waals surface area contributed by atoms with Gasteiger partial charge in [0.2, 0.25) is 0 Å². The molecular weight excluding hydrogens is 383 g/mol. The highest BCUT2D eigenvalue weighted by Crippen LogP contribution is 2.47. The zero-order chi connectivity index (χ0) is 20.2. The Bertz CT molecular complexity index is 685. The number of rotatable bonds is 2.